The Hall–Kier alpha value is -2.56. The number of H-pyrrole nitrogens is 1. The predicted octanol–water partition coefficient (Wildman–Crippen LogP) is -0.0216. The molecule has 0 bridgehead atoms. The number of esters is 2. The van der Waals surface area contributed by atoms with Crippen molar-refractivity contribution in [3.8, 4) is 0 Å². The van der Waals surface area contributed by atoms with Crippen LogP contribution in [0.1, 0.15) is 16.5 Å². The minimum atomic E-state index is -4.82. The van der Waals surface area contributed by atoms with Crippen molar-refractivity contribution in [3.63, 3.8) is 0 Å². The lowest BCUT2D eigenvalue weighted by molar-refractivity contribution is -0.160. The highest BCUT2D eigenvalue weighted by molar-refractivity contribution is 7.86. The largest absolute Gasteiger partial charge is 0.391 e. The molecule has 2 rings (SSSR count). The van der Waals surface area contributed by atoms with Crippen LogP contribution in [0.2, 0.25) is 0 Å². The zero-order valence-corrected chi connectivity index (χ0v) is 13.1. The number of rotatable bonds is 6. The molecule has 0 saturated carbocycles. The second-order valence-electron chi connectivity index (χ2n) is 4.93. The van der Waals surface area contributed by atoms with Crippen molar-refractivity contribution in [2.45, 2.75) is 17.7 Å². The average molecular weight is 353 g/mol. The highest BCUT2D eigenvalue weighted by atomic mass is 32.2. The lowest BCUT2D eigenvalue weighted by Gasteiger charge is -2.14. The fourth-order valence-corrected chi connectivity index (χ4v) is 2.79. The second-order valence-corrected chi connectivity index (χ2v) is 6.43. The monoisotopic (exact) mass is 353 g/mol. The zero-order valence-electron chi connectivity index (χ0n) is 12.3. The fraction of sp³-hybridized carbons (Fsp3) is 0.214. The molecule has 1 aromatic carbocycles. The molecule has 2 atom stereocenters. The Morgan fingerprint density at radius 1 is 1.25 bits per heavy atom. The van der Waals surface area contributed by atoms with E-state index in [1.807, 2.05) is 0 Å². The Bertz CT molecular complexity index is 804. The number of aromatic nitrogens is 2. The van der Waals surface area contributed by atoms with Crippen LogP contribution in [-0.4, -0.2) is 40.9 Å². The minimum Gasteiger partial charge on any atom is -0.391 e. The van der Waals surface area contributed by atoms with Gasteiger partial charge in [-0.2, -0.15) is 8.42 Å². The van der Waals surface area contributed by atoms with Crippen molar-refractivity contribution in [2.75, 3.05) is 0 Å². The molecule has 128 valence electrons. The van der Waals surface area contributed by atoms with Crippen LogP contribution in [0, 0.1) is 0 Å². The van der Waals surface area contributed by atoms with Gasteiger partial charge in [0.1, 0.15) is 6.04 Å². The van der Waals surface area contributed by atoms with Gasteiger partial charge in [0.2, 0.25) is 5.25 Å². The van der Waals surface area contributed by atoms with Gasteiger partial charge in [0.05, 0.1) is 6.33 Å². The Kier molecular flexibility index (Phi) is 5.44. The highest BCUT2D eigenvalue weighted by Crippen LogP contribution is 2.23. The van der Waals surface area contributed by atoms with Crippen molar-refractivity contribution in [3.05, 3.63) is 54.1 Å². The maximum Gasteiger partial charge on any atom is 0.339 e. The maximum atomic E-state index is 12.0. The molecule has 0 saturated heterocycles. The summed E-state index contributed by atoms with van der Waals surface area (Å²) in [4.78, 5) is 30.4. The summed E-state index contributed by atoms with van der Waals surface area (Å²) in [5.74, 6) is -2.53. The van der Waals surface area contributed by atoms with Gasteiger partial charge in [-0.1, -0.05) is 30.3 Å². The smallest absolute Gasteiger partial charge is 0.339 e. The highest BCUT2D eigenvalue weighted by Gasteiger charge is 2.36. The Morgan fingerprint density at radius 2 is 1.92 bits per heavy atom. The first kappa shape index (κ1) is 17.8. The van der Waals surface area contributed by atoms with Crippen LogP contribution in [0.25, 0.3) is 0 Å². The average Bonchev–Trinajstić information content (AvgIpc) is 2.99. The predicted molar refractivity (Wildman–Crippen MR) is 82.1 cm³/mol. The molecule has 4 N–H and O–H groups in total. The van der Waals surface area contributed by atoms with Gasteiger partial charge in [-0.3, -0.25) is 4.55 Å². The van der Waals surface area contributed by atoms with E-state index in [1.165, 1.54) is 36.8 Å². The van der Waals surface area contributed by atoms with Gasteiger partial charge < -0.3 is 15.5 Å². The van der Waals surface area contributed by atoms with E-state index in [4.69, 9.17) is 5.73 Å². The summed E-state index contributed by atoms with van der Waals surface area (Å²) in [5, 5.41) is -2.03. The molecule has 1 aromatic heterocycles. The SMILES string of the molecule is N[C@@H](Cc1cnc[nH]1)C(=O)OC(=O)C(c1ccccc1)S(=O)(=O)O. The van der Waals surface area contributed by atoms with E-state index in [0.717, 1.165) is 0 Å². The van der Waals surface area contributed by atoms with Crippen molar-refractivity contribution in [1.82, 2.24) is 9.97 Å². The molecule has 9 nitrogen and oxygen atoms in total. The van der Waals surface area contributed by atoms with Crippen LogP contribution in [0.4, 0.5) is 0 Å². The Balaban J connectivity index is 2.12. The van der Waals surface area contributed by atoms with Crippen molar-refractivity contribution in [1.29, 1.82) is 0 Å². The molecule has 0 aliphatic rings. The molecule has 2 aromatic rings. The standard InChI is InChI=1S/C14H15N3O6S/c15-11(6-10-7-16-8-17-10)13(18)23-14(19)12(24(20,21)22)9-4-2-1-3-5-9/h1-5,7-8,11-12H,6,15H2,(H,16,17)(H,20,21,22)/t11-,12?/m0/s1. The summed E-state index contributed by atoms with van der Waals surface area (Å²) in [5.41, 5.74) is 6.13. The number of ether oxygens (including phenoxy) is 1. The third-order valence-corrected chi connectivity index (χ3v) is 4.17. The number of benzene rings is 1. The third-order valence-electron chi connectivity index (χ3n) is 3.11. The zero-order chi connectivity index (χ0) is 17.7. The number of aromatic amines is 1. The molecule has 1 heterocycles. The van der Waals surface area contributed by atoms with Gasteiger partial charge in [0.15, 0.2) is 0 Å². The van der Waals surface area contributed by atoms with Gasteiger partial charge >= 0.3 is 11.9 Å². The molecular weight excluding hydrogens is 338 g/mol. The van der Waals surface area contributed by atoms with Gasteiger partial charge in [-0.15, -0.1) is 0 Å². The van der Waals surface area contributed by atoms with E-state index >= 15 is 0 Å². The topological polar surface area (TPSA) is 152 Å². The molecule has 0 aliphatic heterocycles. The van der Waals surface area contributed by atoms with Crippen molar-refractivity contribution < 1.29 is 27.3 Å². The van der Waals surface area contributed by atoms with Crippen LogP contribution in [-0.2, 0) is 30.9 Å². The van der Waals surface area contributed by atoms with Gasteiger partial charge in [-0.25, -0.2) is 14.6 Å². The number of carbonyl (C=O) groups is 2. The van der Waals surface area contributed by atoms with E-state index in [9.17, 15) is 22.6 Å². The van der Waals surface area contributed by atoms with Crippen LogP contribution in [0.5, 0.6) is 0 Å². The Morgan fingerprint density at radius 3 is 2.46 bits per heavy atom. The molecule has 0 fully saturated rings. The first-order valence-corrected chi connectivity index (χ1v) is 8.29. The van der Waals surface area contributed by atoms with Crippen LogP contribution in [0.15, 0.2) is 42.9 Å². The number of nitrogens with zero attached hydrogens (tertiary/aromatic N) is 1. The number of carbonyl (C=O) groups excluding carboxylic acids is 2. The molecule has 1 unspecified atom stereocenters. The normalized spacial score (nSPS) is 13.9. The summed E-state index contributed by atoms with van der Waals surface area (Å²) < 4.78 is 36.8. The van der Waals surface area contributed by atoms with Crippen LogP contribution < -0.4 is 5.73 Å². The van der Waals surface area contributed by atoms with Gasteiger partial charge in [0, 0.05) is 18.3 Å². The number of hydrogen-bond donors (Lipinski definition) is 3. The summed E-state index contributed by atoms with van der Waals surface area (Å²) in [6, 6.07) is 5.98. The van der Waals surface area contributed by atoms with E-state index in [2.05, 4.69) is 14.7 Å². The lowest BCUT2D eigenvalue weighted by atomic mass is 10.1. The molecule has 0 radical (unpaired) electrons. The van der Waals surface area contributed by atoms with Crippen molar-refractivity contribution >= 4 is 22.1 Å². The first-order valence-electron chi connectivity index (χ1n) is 6.78. The number of nitrogens with two attached hydrogens (primary N) is 1. The quantitative estimate of drug-likeness (QED) is 0.372. The number of nitrogens with one attached hydrogen (secondary N) is 1. The molecule has 24 heavy (non-hydrogen) atoms. The minimum absolute atomic E-state index is 0.0218. The maximum absolute atomic E-state index is 12.0. The summed E-state index contributed by atoms with van der Waals surface area (Å²) >= 11 is 0. The van der Waals surface area contributed by atoms with Crippen LogP contribution in [0.3, 0.4) is 0 Å². The second kappa shape index (κ2) is 7.34. The van der Waals surface area contributed by atoms with Gasteiger partial charge in [0.25, 0.3) is 10.1 Å². The first-order chi connectivity index (χ1) is 11.3. The van der Waals surface area contributed by atoms with Crippen molar-refractivity contribution in [2.24, 2.45) is 5.73 Å². The fourth-order valence-electron chi connectivity index (χ4n) is 2.00. The van der Waals surface area contributed by atoms with Gasteiger partial charge in [-0.05, 0) is 5.56 Å². The van der Waals surface area contributed by atoms with E-state index in [1.54, 1.807) is 6.07 Å². The van der Waals surface area contributed by atoms with E-state index in [-0.39, 0.29) is 12.0 Å². The number of hydrogen-bond acceptors (Lipinski definition) is 7. The molecule has 0 amide bonds. The van der Waals surface area contributed by atoms with E-state index < -0.39 is 33.3 Å². The molecule has 10 heteroatoms. The van der Waals surface area contributed by atoms with E-state index in [0.29, 0.717) is 5.69 Å². The Labute approximate surface area is 137 Å². The number of imidazole rings is 1. The summed E-state index contributed by atoms with van der Waals surface area (Å²) in [6.45, 7) is 0. The lowest BCUT2D eigenvalue weighted by Crippen LogP contribution is -2.37. The summed E-state index contributed by atoms with van der Waals surface area (Å²) in [6.07, 6.45) is 2.86. The van der Waals surface area contributed by atoms with Crippen LogP contribution >= 0.6 is 0 Å². The summed E-state index contributed by atoms with van der Waals surface area (Å²) in [7, 11) is -4.82. The third kappa shape index (κ3) is 4.47. The molecule has 0 aliphatic carbocycles. The molecular formula is C14H15N3O6S. The molecule has 0 spiro atoms.